The summed E-state index contributed by atoms with van der Waals surface area (Å²) < 4.78 is 38.4. The number of benzene rings is 1. The fourth-order valence-corrected chi connectivity index (χ4v) is 4.59. The summed E-state index contributed by atoms with van der Waals surface area (Å²) >= 11 is 0. The Kier molecular flexibility index (Phi) is 7.13. The second kappa shape index (κ2) is 10.1. The number of rotatable bonds is 4. The molecule has 11 heteroatoms. The molecule has 0 radical (unpaired) electrons. The molecule has 0 N–H and O–H groups in total. The van der Waals surface area contributed by atoms with E-state index in [9.17, 15) is 28.1 Å². The fourth-order valence-electron chi connectivity index (χ4n) is 4.59. The summed E-state index contributed by atoms with van der Waals surface area (Å²) in [5.41, 5.74) is -0.0893. The summed E-state index contributed by atoms with van der Waals surface area (Å²) in [6.45, 7) is 5.37. The van der Waals surface area contributed by atoms with Gasteiger partial charge in [-0.05, 0) is 49.4 Å². The van der Waals surface area contributed by atoms with Crippen molar-refractivity contribution in [1.29, 1.82) is 0 Å². The second-order valence-electron chi connectivity index (χ2n) is 9.17. The molecule has 0 bridgehead atoms. The van der Waals surface area contributed by atoms with Gasteiger partial charge in [0.1, 0.15) is 11.5 Å². The molecule has 0 unspecified atom stereocenters. The molecule has 2 aliphatic rings. The zero-order valence-corrected chi connectivity index (χ0v) is 19.5. The van der Waals surface area contributed by atoms with Crippen molar-refractivity contribution in [3.63, 3.8) is 0 Å². The maximum Gasteiger partial charge on any atom is 0.417 e. The largest absolute Gasteiger partial charge is 0.417 e. The molecule has 8 nitrogen and oxygen atoms in total. The topological polar surface area (TPSA) is 82.8 Å². The van der Waals surface area contributed by atoms with E-state index in [0.717, 1.165) is 38.2 Å². The highest BCUT2D eigenvalue weighted by molar-refractivity contribution is 5.96. The molecule has 4 rings (SSSR count). The normalized spacial score (nSPS) is 17.9. The lowest BCUT2D eigenvalue weighted by molar-refractivity contribution is -0.384. The van der Waals surface area contributed by atoms with Crippen LogP contribution < -0.4 is 9.80 Å². The van der Waals surface area contributed by atoms with Crippen LogP contribution in [-0.4, -0.2) is 60.0 Å². The molecule has 188 valence electrons. The van der Waals surface area contributed by atoms with E-state index < -0.39 is 16.7 Å². The summed E-state index contributed by atoms with van der Waals surface area (Å²) in [5.74, 6) is 0.712. The molecule has 2 aromatic rings. The zero-order chi connectivity index (χ0) is 25.2. The van der Waals surface area contributed by atoms with Gasteiger partial charge in [-0.1, -0.05) is 6.92 Å². The number of aromatic nitrogens is 1. The van der Waals surface area contributed by atoms with Crippen LogP contribution >= 0.6 is 0 Å². The van der Waals surface area contributed by atoms with E-state index in [4.69, 9.17) is 0 Å². The van der Waals surface area contributed by atoms with Crippen LogP contribution in [0.2, 0.25) is 0 Å². The lowest BCUT2D eigenvalue weighted by Crippen LogP contribution is -2.36. The molecule has 2 saturated heterocycles. The number of carbonyl (C=O) groups is 1. The highest BCUT2D eigenvalue weighted by Crippen LogP contribution is 2.33. The minimum atomic E-state index is -4.45. The summed E-state index contributed by atoms with van der Waals surface area (Å²) in [6.07, 6.45) is -1.10. The Labute approximate surface area is 201 Å². The molecule has 35 heavy (non-hydrogen) atoms. The number of carbonyl (C=O) groups excluding carboxylic acids is 1. The molecule has 0 saturated carbocycles. The van der Waals surface area contributed by atoms with Crippen LogP contribution in [-0.2, 0) is 6.18 Å². The first-order valence-electron chi connectivity index (χ1n) is 11.7. The van der Waals surface area contributed by atoms with Crippen molar-refractivity contribution in [2.75, 3.05) is 49.1 Å². The number of pyridine rings is 1. The molecular weight excluding hydrogens is 463 g/mol. The minimum absolute atomic E-state index is 0.0733. The van der Waals surface area contributed by atoms with E-state index in [1.165, 1.54) is 12.1 Å². The van der Waals surface area contributed by atoms with Crippen molar-refractivity contribution >= 4 is 23.1 Å². The quantitative estimate of drug-likeness (QED) is 0.459. The predicted octanol–water partition coefficient (Wildman–Crippen LogP) is 4.60. The Morgan fingerprint density at radius 1 is 1.03 bits per heavy atom. The van der Waals surface area contributed by atoms with Crippen LogP contribution in [0.25, 0.3) is 0 Å². The van der Waals surface area contributed by atoms with Gasteiger partial charge in [-0.3, -0.25) is 14.9 Å². The van der Waals surface area contributed by atoms with Gasteiger partial charge in [-0.15, -0.1) is 0 Å². The Balaban J connectivity index is 1.45. The van der Waals surface area contributed by atoms with E-state index in [1.807, 2.05) is 9.80 Å². The van der Waals surface area contributed by atoms with Gasteiger partial charge in [0, 0.05) is 57.1 Å². The second-order valence-corrected chi connectivity index (χ2v) is 9.17. The molecular formula is C24H28F3N5O3. The van der Waals surface area contributed by atoms with Gasteiger partial charge in [-0.2, -0.15) is 13.2 Å². The molecule has 1 aromatic carbocycles. The highest BCUT2D eigenvalue weighted by Gasteiger charge is 2.31. The first-order valence-corrected chi connectivity index (χ1v) is 11.7. The van der Waals surface area contributed by atoms with Gasteiger partial charge in [0.25, 0.3) is 11.6 Å². The van der Waals surface area contributed by atoms with Crippen molar-refractivity contribution in [2.45, 2.75) is 32.4 Å². The number of hydrogen-bond acceptors (Lipinski definition) is 6. The molecule has 0 atom stereocenters. The van der Waals surface area contributed by atoms with E-state index >= 15 is 0 Å². The molecule has 0 spiro atoms. The average Bonchev–Trinajstić information content (AvgIpc) is 3.10. The molecule has 1 amide bonds. The van der Waals surface area contributed by atoms with Crippen LogP contribution in [0.1, 0.15) is 42.1 Å². The number of nitro benzene ring substituents is 1. The Morgan fingerprint density at radius 3 is 2.40 bits per heavy atom. The van der Waals surface area contributed by atoms with Gasteiger partial charge in [0.15, 0.2) is 0 Å². The first kappa shape index (κ1) is 24.7. The number of halogens is 3. The number of hydrogen-bond donors (Lipinski definition) is 0. The van der Waals surface area contributed by atoms with E-state index in [1.54, 1.807) is 17.0 Å². The average molecular weight is 492 g/mol. The SMILES string of the molecule is CC1CCN(c2ccc(C(=O)N3CCCN(c4ccc(C(F)(F)F)cn4)CC3)cc2[N+](=O)[O-])CC1. The lowest BCUT2D eigenvalue weighted by Gasteiger charge is -2.31. The number of anilines is 2. The summed E-state index contributed by atoms with van der Waals surface area (Å²) in [6, 6.07) is 7.00. The Bertz CT molecular complexity index is 1070. The van der Waals surface area contributed by atoms with E-state index in [2.05, 4.69) is 11.9 Å². The first-order chi connectivity index (χ1) is 16.6. The predicted molar refractivity (Wildman–Crippen MR) is 126 cm³/mol. The standard InChI is InChI=1S/C24H28F3N5O3/c1-17-7-11-29(12-8-17)20-5-3-18(15-21(20)32(34)35)23(33)31-10-2-9-30(13-14-31)22-6-4-19(16-28-22)24(25,26)27/h3-6,15-17H,2,7-14H2,1H3. The van der Waals surface area contributed by atoms with Gasteiger partial charge >= 0.3 is 6.18 Å². The molecule has 2 aliphatic heterocycles. The van der Waals surface area contributed by atoms with Crippen LogP contribution in [0.5, 0.6) is 0 Å². The smallest absolute Gasteiger partial charge is 0.366 e. The van der Waals surface area contributed by atoms with Gasteiger partial charge in [0.2, 0.25) is 0 Å². The van der Waals surface area contributed by atoms with E-state index in [-0.39, 0.29) is 17.2 Å². The van der Waals surface area contributed by atoms with E-state index in [0.29, 0.717) is 50.0 Å². The highest BCUT2D eigenvalue weighted by atomic mass is 19.4. The van der Waals surface area contributed by atoms with Crippen molar-refractivity contribution in [3.05, 3.63) is 57.8 Å². The molecule has 1 aromatic heterocycles. The maximum atomic E-state index is 13.2. The van der Waals surface area contributed by atoms with Gasteiger partial charge in [-0.25, -0.2) is 4.98 Å². The summed E-state index contributed by atoms with van der Waals surface area (Å²) in [4.78, 5) is 34.0. The Morgan fingerprint density at radius 2 is 1.77 bits per heavy atom. The van der Waals surface area contributed by atoms with Crippen LogP contribution in [0.3, 0.4) is 0 Å². The lowest BCUT2D eigenvalue weighted by atomic mass is 9.98. The minimum Gasteiger partial charge on any atom is -0.366 e. The molecule has 2 fully saturated rings. The van der Waals surface area contributed by atoms with Crippen molar-refractivity contribution in [3.8, 4) is 0 Å². The Hall–Kier alpha value is -3.37. The fraction of sp³-hybridized carbons (Fsp3) is 0.500. The number of amides is 1. The number of nitrogens with zero attached hydrogens (tertiary/aromatic N) is 5. The zero-order valence-electron chi connectivity index (χ0n) is 19.5. The monoisotopic (exact) mass is 491 g/mol. The van der Waals surface area contributed by atoms with Gasteiger partial charge in [0.05, 0.1) is 10.5 Å². The van der Waals surface area contributed by atoms with Crippen LogP contribution in [0.15, 0.2) is 36.5 Å². The number of nitro groups is 1. The number of alkyl halides is 3. The maximum absolute atomic E-state index is 13.2. The third-order valence-electron chi connectivity index (χ3n) is 6.73. The van der Waals surface area contributed by atoms with Crippen LogP contribution in [0.4, 0.5) is 30.4 Å². The molecule has 3 heterocycles. The van der Waals surface area contributed by atoms with Crippen molar-refractivity contribution in [2.24, 2.45) is 5.92 Å². The van der Waals surface area contributed by atoms with Crippen molar-refractivity contribution in [1.82, 2.24) is 9.88 Å². The third kappa shape index (κ3) is 5.66. The summed E-state index contributed by atoms with van der Waals surface area (Å²) in [5, 5.41) is 11.8. The molecule has 0 aliphatic carbocycles. The summed E-state index contributed by atoms with van der Waals surface area (Å²) in [7, 11) is 0. The number of piperidine rings is 1. The van der Waals surface area contributed by atoms with Gasteiger partial charge < -0.3 is 14.7 Å². The van der Waals surface area contributed by atoms with Crippen LogP contribution in [0, 0.1) is 16.0 Å². The van der Waals surface area contributed by atoms with Crippen molar-refractivity contribution < 1.29 is 22.9 Å². The third-order valence-corrected chi connectivity index (χ3v) is 6.73.